The van der Waals surface area contributed by atoms with E-state index in [1.807, 2.05) is 18.2 Å². The van der Waals surface area contributed by atoms with Gasteiger partial charge >= 0.3 is 6.18 Å². The lowest BCUT2D eigenvalue weighted by molar-refractivity contribution is -0.137. The molecule has 3 N–H and O–H groups in total. The van der Waals surface area contributed by atoms with Crippen molar-refractivity contribution in [3.63, 3.8) is 0 Å². The van der Waals surface area contributed by atoms with E-state index in [9.17, 15) is 32.7 Å². The second-order valence-corrected chi connectivity index (χ2v) is 12.1. The number of Topliss-reactive ketones (excluding diaryl/α,β-unsaturated/α-hetero) is 1. The SMILES string of the molecule is NC(=O)c1cccc(-c2ccc(C3(O)CCC(CC4CCN(C(=O)CCC(=O)c5cccc(C(F)(F)F)c5)C4)CC3)nc2)c1. The number of rotatable bonds is 9. The Morgan fingerprint density at radius 3 is 2.32 bits per heavy atom. The number of carbonyl (C=O) groups is 3. The molecule has 1 aromatic heterocycles. The van der Waals surface area contributed by atoms with E-state index in [0.29, 0.717) is 49.0 Å². The fourth-order valence-electron chi connectivity index (χ4n) is 6.45. The quantitative estimate of drug-likeness (QED) is 0.284. The number of pyridine rings is 1. The summed E-state index contributed by atoms with van der Waals surface area (Å²) in [4.78, 5) is 43.1. The van der Waals surface area contributed by atoms with Gasteiger partial charge in [0.15, 0.2) is 5.78 Å². The van der Waals surface area contributed by atoms with E-state index in [2.05, 4.69) is 4.98 Å². The Labute approximate surface area is 254 Å². The first-order chi connectivity index (χ1) is 20.9. The van der Waals surface area contributed by atoms with E-state index in [1.165, 1.54) is 12.1 Å². The maximum Gasteiger partial charge on any atom is 0.416 e. The number of aromatic nitrogens is 1. The van der Waals surface area contributed by atoms with E-state index < -0.39 is 29.0 Å². The van der Waals surface area contributed by atoms with Crippen LogP contribution in [0.5, 0.6) is 0 Å². The van der Waals surface area contributed by atoms with Crippen molar-refractivity contribution in [2.24, 2.45) is 17.6 Å². The van der Waals surface area contributed by atoms with Gasteiger partial charge in [0.1, 0.15) is 5.60 Å². The van der Waals surface area contributed by atoms with Crippen LogP contribution in [-0.2, 0) is 16.6 Å². The average molecular weight is 608 g/mol. The van der Waals surface area contributed by atoms with Crippen molar-refractivity contribution in [3.05, 3.63) is 89.2 Å². The molecule has 1 saturated heterocycles. The molecule has 1 aliphatic carbocycles. The van der Waals surface area contributed by atoms with Crippen LogP contribution in [0.4, 0.5) is 13.2 Å². The lowest BCUT2D eigenvalue weighted by Gasteiger charge is -2.36. The molecule has 10 heteroatoms. The van der Waals surface area contributed by atoms with E-state index in [1.54, 1.807) is 29.3 Å². The number of hydrogen-bond donors (Lipinski definition) is 2. The van der Waals surface area contributed by atoms with Gasteiger partial charge in [-0.05, 0) is 86.3 Å². The highest BCUT2D eigenvalue weighted by atomic mass is 19.4. The van der Waals surface area contributed by atoms with Crippen LogP contribution in [0.1, 0.15) is 83.3 Å². The summed E-state index contributed by atoms with van der Waals surface area (Å²) in [6, 6.07) is 15.1. The maximum atomic E-state index is 13.0. The average Bonchev–Trinajstić information content (AvgIpc) is 3.49. The van der Waals surface area contributed by atoms with Crippen LogP contribution in [0.2, 0.25) is 0 Å². The molecule has 0 bridgehead atoms. The van der Waals surface area contributed by atoms with Gasteiger partial charge in [0.05, 0.1) is 11.3 Å². The summed E-state index contributed by atoms with van der Waals surface area (Å²) in [5, 5.41) is 11.4. The standard InChI is InChI=1S/C34H36F3N3O4/c35-34(36,37)28-6-2-4-25(19-28)29(41)8-10-31(42)40-16-13-23(21-40)17-22-11-14-33(44,15-12-22)30-9-7-27(20-39-30)24-3-1-5-26(18-24)32(38)43/h1-7,9,18-20,22-23,44H,8,10-17,21H2,(H2,38,43). The number of benzene rings is 2. The minimum Gasteiger partial charge on any atom is -0.384 e. The second-order valence-electron chi connectivity index (χ2n) is 12.1. The highest BCUT2D eigenvalue weighted by Crippen LogP contribution is 2.42. The molecule has 7 nitrogen and oxygen atoms in total. The summed E-state index contributed by atoms with van der Waals surface area (Å²) in [7, 11) is 0. The molecule has 1 saturated carbocycles. The number of likely N-dealkylation sites (tertiary alicyclic amines) is 1. The summed E-state index contributed by atoms with van der Waals surface area (Å²) in [5.74, 6) is -0.363. The second kappa shape index (κ2) is 12.9. The number of carbonyl (C=O) groups excluding carboxylic acids is 3. The molecule has 5 rings (SSSR count). The van der Waals surface area contributed by atoms with Gasteiger partial charge in [-0.25, -0.2) is 0 Å². The molecule has 44 heavy (non-hydrogen) atoms. The molecule has 1 unspecified atom stereocenters. The zero-order chi connectivity index (χ0) is 31.5. The number of halogens is 3. The lowest BCUT2D eigenvalue weighted by Crippen LogP contribution is -2.33. The number of primary amides is 1. The summed E-state index contributed by atoms with van der Waals surface area (Å²) in [5.41, 5.74) is 6.17. The summed E-state index contributed by atoms with van der Waals surface area (Å²) < 4.78 is 38.9. The van der Waals surface area contributed by atoms with Gasteiger partial charge in [0.25, 0.3) is 0 Å². The van der Waals surface area contributed by atoms with Gasteiger partial charge in [-0.15, -0.1) is 0 Å². The monoisotopic (exact) mass is 607 g/mol. The molecule has 3 aromatic rings. The molecule has 2 amide bonds. The minimum absolute atomic E-state index is 0.0272. The number of amides is 2. The number of nitrogens with two attached hydrogens (primary N) is 1. The Bertz CT molecular complexity index is 1510. The fraction of sp³-hybridized carbons (Fsp3) is 0.412. The van der Waals surface area contributed by atoms with E-state index in [-0.39, 0.29) is 24.3 Å². The molecule has 2 heterocycles. The smallest absolute Gasteiger partial charge is 0.384 e. The van der Waals surface area contributed by atoms with Crippen LogP contribution in [0.15, 0.2) is 66.9 Å². The van der Waals surface area contributed by atoms with Crippen molar-refractivity contribution >= 4 is 17.6 Å². The molecule has 2 aromatic carbocycles. The first kappa shape index (κ1) is 31.4. The first-order valence-electron chi connectivity index (χ1n) is 15.0. The maximum absolute atomic E-state index is 13.0. The Kier molecular flexibility index (Phi) is 9.20. The first-order valence-corrected chi connectivity index (χ1v) is 15.0. The zero-order valence-corrected chi connectivity index (χ0v) is 24.4. The number of nitrogens with zero attached hydrogens (tertiary/aromatic N) is 2. The number of alkyl halides is 3. The summed E-state index contributed by atoms with van der Waals surface area (Å²) in [6.45, 7) is 1.22. The zero-order valence-electron chi connectivity index (χ0n) is 24.4. The third kappa shape index (κ3) is 7.35. The topological polar surface area (TPSA) is 114 Å². The Morgan fingerprint density at radius 1 is 0.909 bits per heavy atom. The molecule has 232 valence electrons. The van der Waals surface area contributed by atoms with Crippen LogP contribution >= 0.6 is 0 Å². The summed E-state index contributed by atoms with van der Waals surface area (Å²) >= 11 is 0. The third-order valence-corrected chi connectivity index (χ3v) is 9.04. The van der Waals surface area contributed by atoms with Crippen LogP contribution in [0.3, 0.4) is 0 Å². The molecular weight excluding hydrogens is 571 g/mol. The van der Waals surface area contributed by atoms with Gasteiger partial charge in [-0.2, -0.15) is 13.2 Å². The Morgan fingerprint density at radius 2 is 1.64 bits per heavy atom. The molecule has 0 radical (unpaired) electrons. The van der Waals surface area contributed by atoms with Gasteiger partial charge in [0, 0.05) is 48.8 Å². The number of aliphatic hydroxyl groups is 1. The van der Waals surface area contributed by atoms with Crippen LogP contribution < -0.4 is 5.73 Å². The minimum atomic E-state index is -4.53. The van der Waals surface area contributed by atoms with Crippen molar-refractivity contribution in [1.82, 2.24) is 9.88 Å². The van der Waals surface area contributed by atoms with Crippen LogP contribution in [0.25, 0.3) is 11.1 Å². The fourth-order valence-corrected chi connectivity index (χ4v) is 6.45. The Hall–Kier alpha value is -4.05. The van der Waals surface area contributed by atoms with Gasteiger partial charge in [-0.1, -0.05) is 30.3 Å². The van der Waals surface area contributed by atoms with E-state index >= 15 is 0 Å². The van der Waals surface area contributed by atoms with Crippen LogP contribution in [-0.4, -0.2) is 45.7 Å². The largest absolute Gasteiger partial charge is 0.416 e. The van der Waals surface area contributed by atoms with Crippen molar-refractivity contribution in [2.45, 2.75) is 63.1 Å². The third-order valence-electron chi connectivity index (χ3n) is 9.04. The van der Waals surface area contributed by atoms with Gasteiger partial charge < -0.3 is 15.7 Å². The molecule has 1 atom stereocenters. The normalized spacial score (nSPS) is 22.1. The number of hydrogen-bond acceptors (Lipinski definition) is 5. The van der Waals surface area contributed by atoms with Crippen molar-refractivity contribution in [1.29, 1.82) is 0 Å². The van der Waals surface area contributed by atoms with E-state index in [0.717, 1.165) is 48.9 Å². The van der Waals surface area contributed by atoms with Crippen molar-refractivity contribution in [2.75, 3.05) is 13.1 Å². The predicted octanol–water partition coefficient (Wildman–Crippen LogP) is 6.15. The molecule has 0 spiro atoms. The molecule has 1 aliphatic heterocycles. The Balaban J connectivity index is 1.08. The van der Waals surface area contributed by atoms with Crippen LogP contribution in [0, 0.1) is 11.8 Å². The predicted molar refractivity (Wildman–Crippen MR) is 158 cm³/mol. The van der Waals surface area contributed by atoms with Crippen molar-refractivity contribution in [3.8, 4) is 11.1 Å². The molecular formula is C34H36F3N3O4. The highest BCUT2D eigenvalue weighted by molar-refractivity contribution is 5.98. The van der Waals surface area contributed by atoms with Gasteiger partial charge in [-0.3, -0.25) is 19.4 Å². The highest BCUT2D eigenvalue weighted by Gasteiger charge is 2.38. The molecule has 2 aliphatic rings. The van der Waals surface area contributed by atoms with E-state index in [4.69, 9.17) is 5.73 Å². The van der Waals surface area contributed by atoms with Gasteiger partial charge in [0.2, 0.25) is 11.8 Å². The number of ketones is 1. The molecule has 2 fully saturated rings. The summed E-state index contributed by atoms with van der Waals surface area (Å²) in [6.07, 6.45) is 1.71. The lowest BCUT2D eigenvalue weighted by atomic mass is 9.74. The van der Waals surface area contributed by atoms with Crippen molar-refractivity contribution < 1.29 is 32.7 Å².